The fourth-order valence-electron chi connectivity index (χ4n) is 4.23. The summed E-state index contributed by atoms with van der Waals surface area (Å²) in [6.07, 6.45) is 0.644. The van der Waals surface area contributed by atoms with Crippen molar-refractivity contribution in [3.05, 3.63) is 130 Å². The zero-order valence-electron chi connectivity index (χ0n) is 20.8. The fourth-order valence-corrected chi connectivity index (χ4v) is 4.36. The van der Waals surface area contributed by atoms with E-state index >= 15 is 0 Å². The molecule has 4 aromatic carbocycles. The zero-order valence-corrected chi connectivity index (χ0v) is 21.5. The first kappa shape index (κ1) is 26.8. The van der Waals surface area contributed by atoms with Crippen LogP contribution in [0.4, 0.5) is 0 Å². The zero-order chi connectivity index (χ0) is 26.9. The number of carboxylic acids is 1. The highest BCUT2D eigenvalue weighted by molar-refractivity contribution is 6.30. The molecule has 2 N–H and O–H groups in total. The minimum Gasteiger partial charge on any atom is -0.481 e. The molecule has 0 bridgehead atoms. The lowest BCUT2D eigenvalue weighted by atomic mass is 9.91. The first-order chi connectivity index (χ1) is 18.4. The highest BCUT2D eigenvalue weighted by Crippen LogP contribution is 2.23. The minimum absolute atomic E-state index is 0.0904. The second kappa shape index (κ2) is 12.8. The van der Waals surface area contributed by atoms with Gasteiger partial charge in [0.05, 0.1) is 5.92 Å². The quantitative estimate of drug-likeness (QED) is 0.210. The molecular formula is C32H28ClNO4. The molecule has 0 spiro atoms. The molecule has 6 heteroatoms. The van der Waals surface area contributed by atoms with Crippen molar-refractivity contribution in [2.75, 3.05) is 0 Å². The summed E-state index contributed by atoms with van der Waals surface area (Å²) in [5, 5.41) is 13.3. The van der Waals surface area contributed by atoms with Gasteiger partial charge >= 0.3 is 5.97 Å². The van der Waals surface area contributed by atoms with Crippen LogP contribution in [0.3, 0.4) is 0 Å². The molecule has 0 aliphatic carbocycles. The molecule has 1 unspecified atom stereocenters. The van der Waals surface area contributed by atoms with E-state index in [0.717, 1.165) is 22.3 Å². The smallest absolute Gasteiger partial charge is 0.306 e. The molecule has 4 rings (SSSR count). The summed E-state index contributed by atoms with van der Waals surface area (Å²) < 4.78 is 0. The van der Waals surface area contributed by atoms with Crippen molar-refractivity contribution in [3.63, 3.8) is 0 Å². The van der Waals surface area contributed by atoms with Crippen molar-refractivity contribution in [3.8, 4) is 11.1 Å². The summed E-state index contributed by atoms with van der Waals surface area (Å²) in [5.74, 6) is -2.24. The third-order valence-electron chi connectivity index (χ3n) is 6.43. The van der Waals surface area contributed by atoms with E-state index in [9.17, 15) is 19.5 Å². The van der Waals surface area contributed by atoms with Crippen LogP contribution < -0.4 is 5.32 Å². The number of ketones is 1. The van der Waals surface area contributed by atoms with Crippen molar-refractivity contribution in [1.29, 1.82) is 0 Å². The number of hydrogen-bond acceptors (Lipinski definition) is 3. The predicted octanol–water partition coefficient (Wildman–Crippen LogP) is 6.84. The van der Waals surface area contributed by atoms with Gasteiger partial charge in [-0.1, -0.05) is 90.5 Å². The number of carbonyl (C=O) groups is 3. The van der Waals surface area contributed by atoms with Gasteiger partial charge in [-0.05, 0) is 59.4 Å². The largest absolute Gasteiger partial charge is 0.481 e. The van der Waals surface area contributed by atoms with Gasteiger partial charge in [-0.3, -0.25) is 14.4 Å². The molecule has 0 saturated heterocycles. The summed E-state index contributed by atoms with van der Waals surface area (Å²) in [6.45, 7) is 0.424. The molecule has 4 aromatic rings. The number of aryl methyl sites for hydroxylation is 1. The van der Waals surface area contributed by atoms with E-state index in [1.807, 2.05) is 60.7 Å². The van der Waals surface area contributed by atoms with Crippen LogP contribution in [0.5, 0.6) is 0 Å². The maximum absolute atomic E-state index is 12.9. The van der Waals surface area contributed by atoms with E-state index in [-0.39, 0.29) is 18.1 Å². The Morgan fingerprint density at radius 1 is 0.737 bits per heavy atom. The number of hydrogen-bond donors (Lipinski definition) is 2. The molecule has 0 aromatic heterocycles. The van der Waals surface area contributed by atoms with Gasteiger partial charge in [0, 0.05) is 29.1 Å². The number of carbonyl (C=O) groups excluding carboxylic acids is 2. The van der Waals surface area contributed by atoms with Gasteiger partial charge in [0.2, 0.25) is 0 Å². The number of amides is 1. The Hall–Kier alpha value is -4.22. The Balaban J connectivity index is 1.34. The SMILES string of the molecule is O=C(CC(CCc1cccc(C(=O)NCc2ccccc2)c1)C(=O)O)c1ccc(-c2ccc(Cl)cc2)cc1. The Kier molecular flexibility index (Phi) is 9.07. The summed E-state index contributed by atoms with van der Waals surface area (Å²) in [6, 6.07) is 31.4. The van der Waals surface area contributed by atoms with Gasteiger partial charge in [0.25, 0.3) is 5.91 Å². The molecule has 0 heterocycles. The van der Waals surface area contributed by atoms with Crippen molar-refractivity contribution in [1.82, 2.24) is 5.32 Å². The summed E-state index contributed by atoms with van der Waals surface area (Å²) in [5.41, 5.74) is 4.77. The first-order valence-corrected chi connectivity index (χ1v) is 12.8. The van der Waals surface area contributed by atoms with Gasteiger partial charge in [-0.25, -0.2) is 0 Å². The second-order valence-electron chi connectivity index (χ2n) is 9.15. The predicted molar refractivity (Wildman–Crippen MR) is 149 cm³/mol. The first-order valence-electron chi connectivity index (χ1n) is 12.4. The van der Waals surface area contributed by atoms with Crippen molar-refractivity contribution >= 4 is 29.3 Å². The molecule has 1 atom stereocenters. The topological polar surface area (TPSA) is 83.5 Å². The number of aliphatic carboxylic acids is 1. The molecular weight excluding hydrogens is 498 g/mol. The molecule has 0 saturated carbocycles. The van der Waals surface area contributed by atoms with Crippen LogP contribution in [0.25, 0.3) is 11.1 Å². The Morgan fingerprint density at radius 3 is 2.03 bits per heavy atom. The molecule has 38 heavy (non-hydrogen) atoms. The van der Waals surface area contributed by atoms with Crippen LogP contribution in [0.2, 0.25) is 5.02 Å². The lowest BCUT2D eigenvalue weighted by molar-refractivity contribution is -0.141. The average molecular weight is 526 g/mol. The van der Waals surface area contributed by atoms with Gasteiger partial charge in [-0.15, -0.1) is 0 Å². The molecule has 0 aliphatic heterocycles. The maximum Gasteiger partial charge on any atom is 0.306 e. The van der Waals surface area contributed by atoms with Crippen LogP contribution >= 0.6 is 11.6 Å². The molecule has 0 fully saturated rings. The third kappa shape index (κ3) is 7.40. The number of halogens is 1. The van der Waals surface area contributed by atoms with Gasteiger partial charge in [0.1, 0.15) is 0 Å². The number of benzene rings is 4. The van der Waals surface area contributed by atoms with Crippen molar-refractivity contribution in [2.45, 2.75) is 25.8 Å². The highest BCUT2D eigenvalue weighted by Gasteiger charge is 2.22. The molecule has 0 aliphatic rings. The van der Waals surface area contributed by atoms with Crippen LogP contribution in [0.1, 0.15) is 44.7 Å². The number of Topliss-reactive ketones (excluding diaryl/α,β-unsaturated/α-hetero) is 1. The van der Waals surface area contributed by atoms with Gasteiger partial charge in [0.15, 0.2) is 5.78 Å². The Bertz CT molecular complexity index is 1400. The van der Waals surface area contributed by atoms with E-state index in [0.29, 0.717) is 35.5 Å². The maximum atomic E-state index is 12.9. The van der Waals surface area contributed by atoms with Gasteiger partial charge < -0.3 is 10.4 Å². The van der Waals surface area contributed by atoms with Crippen LogP contribution in [0.15, 0.2) is 103 Å². The van der Waals surface area contributed by atoms with E-state index in [4.69, 9.17) is 11.6 Å². The van der Waals surface area contributed by atoms with Crippen LogP contribution in [-0.4, -0.2) is 22.8 Å². The van der Waals surface area contributed by atoms with E-state index in [1.165, 1.54) is 0 Å². The standard InChI is InChI=1S/C32H28ClNO4/c33-29-17-15-25(16-18-29)24-11-13-26(14-12-24)30(35)20-28(32(37)38)10-9-22-7-4-8-27(19-22)31(36)34-21-23-5-2-1-3-6-23/h1-8,11-19,28H,9-10,20-21H2,(H,34,36)(H,37,38). The van der Waals surface area contributed by atoms with Gasteiger partial charge in [-0.2, -0.15) is 0 Å². The number of nitrogens with one attached hydrogen (secondary N) is 1. The molecule has 1 amide bonds. The third-order valence-corrected chi connectivity index (χ3v) is 6.68. The number of rotatable bonds is 11. The molecule has 5 nitrogen and oxygen atoms in total. The van der Waals surface area contributed by atoms with Crippen LogP contribution in [-0.2, 0) is 17.8 Å². The minimum atomic E-state index is -1.01. The normalized spacial score (nSPS) is 11.5. The fraction of sp³-hybridized carbons (Fsp3) is 0.156. The lowest BCUT2D eigenvalue weighted by Crippen LogP contribution is -2.23. The lowest BCUT2D eigenvalue weighted by Gasteiger charge is -2.13. The van der Waals surface area contributed by atoms with Crippen molar-refractivity contribution < 1.29 is 19.5 Å². The summed E-state index contributed by atoms with van der Waals surface area (Å²) in [4.78, 5) is 37.4. The monoisotopic (exact) mass is 525 g/mol. The Labute approximate surface area is 227 Å². The van der Waals surface area contributed by atoms with Crippen LogP contribution in [0, 0.1) is 5.92 Å². The number of carboxylic acid groups (broad SMARTS) is 1. The van der Waals surface area contributed by atoms with E-state index < -0.39 is 11.9 Å². The molecule has 0 radical (unpaired) electrons. The summed E-state index contributed by atoms with van der Waals surface area (Å²) in [7, 11) is 0. The second-order valence-corrected chi connectivity index (χ2v) is 9.59. The van der Waals surface area contributed by atoms with E-state index in [1.54, 1.807) is 42.5 Å². The van der Waals surface area contributed by atoms with E-state index in [2.05, 4.69) is 5.32 Å². The summed E-state index contributed by atoms with van der Waals surface area (Å²) >= 11 is 5.95. The average Bonchev–Trinajstić information content (AvgIpc) is 2.95. The Morgan fingerprint density at radius 2 is 1.37 bits per heavy atom. The van der Waals surface area contributed by atoms with Crippen molar-refractivity contribution in [2.24, 2.45) is 5.92 Å². The highest BCUT2D eigenvalue weighted by atomic mass is 35.5. The molecule has 192 valence electrons.